The molecule has 1 aliphatic carbocycles. The Morgan fingerprint density at radius 1 is 1.31 bits per heavy atom. The van der Waals surface area contributed by atoms with Crippen molar-refractivity contribution < 1.29 is 13.9 Å². The van der Waals surface area contributed by atoms with Crippen LogP contribution < -0.4 is 10.1 Å². The molecule has 1 saturated carbocycles. The van der Waals surface area contributed by atoms with E-state index in [0.29, 0.717) is 35.7 Å². The van der Waals surface area contributed by atoms with Crippen LogP contribution in [0.3, 0.4) is 0 Å². The van der Waals surface area contributed by atoms with Crippen LogP contribution >= 0.6 is 0 Å². The van der Waals surface area contributed by atoms with Gasteiger partial charge in [-0.25, -0.2) is 4.68 Å². The molecule has 1 aromatic carbocycles. The lowest BCUT2D eigenvalue weighted by molar-refractivity contribution is -0.119. The van der Waals surface area contributed by atoms with Gasteiger partial charge in [-0.2, -0.15) is 14.6 Å². The number of aryl methyl sites for hydroxylation is 1. The number of fused-ring (bicyclic) bond motifs is 1. The Labute approximate surface area is 167 Å². The predicted molar refractivity (Wildman–Crippen MR) is 106 cm³/mol. The third-order valence-electron chi connectivity index (χ3n) is 6.20. The van der Waals surface area contributed by atoms with Gasteiger partial charge in [-0.15, -0.1) is 0 Å². The zero-order valence-electron chi connectivity index (χ0n) is 16.6. The van der Waals surface area contributed by atoms with Crippen molar-refractivity contribution >= 4 is 16.8 Å². The summed E-state index contributed by atoms with van der Waals surface area (Å²) in [6, 6.07) is 4.21. The molecule has 3 aromatic rings. The molecule has 5 rings (SSSR count). The number of benzene rings is 1. The van der Waals surface area contributed by atoms with Gasteiger partial charge >= 0.3 is 0 Å². The molecule has 152 valence electrons. The first kappa shape index (κ1) is 18.1. The summed E-state index contributed by atoms with van der Waals surface area (Å²) in [6.07, 6.45) is 7.63. The zero-order valence-corrected chi connectivity index (χ0v) is 16.6. The second-order valence-corrected chi connectivity index (χ2v) is 8.17. The molecule has 2 atom stereocenters. The minimum atomic E-state index is -0.431. The lowest BCUT2D eigenvalue weighted by atomic mass is 9.93. The Kier molecular flexibility index (Phi) is 4.29. The number of nitrogens with zero attached hydrogens (tertiary/aromatic N) is 4. The van der Waals surface area contributed by atoms with Crippen LogP contribution in [-0.4, -0.2) is 38.1 Å². The van der Waals surface area contributed by atoms with Crippen molar-refractivity contribution in [2.24, 2.45) is 13.0 Å². The van der Waals surface area contributed by atoms with E-state index in [1.165, 1.54) is 11.1 Å². The Morgan fingerprint density at radius 2 is 2.14 bits per heavy atom. The molecule has 2 aliphatic rings. The van der Waals surface area contributed by atoms with Crippen LogP contribution in [0, 0.1) is 11.9 Å². The maximum Gasteiger partial charge on any atom is 0.222 e. The average Bonchev–Trinajstić information content (AvgIpc) is 3.34. The van der Waals surface area contributed by atoms with E-state index < -0.39 is 5.95 Å². The van der Waals surface area contributed by atoms with Crippen LogP contribution in [-0.2, 0) is 11.8 Å². The van der Waals surface area contributed by atoms with Gasteiger partial charge in [0.25, 0.3) is 0 Å². The van der Waals surface area contributed by atoms with Crippen LogP contribution in [0.5, 0.6) is 5.75 Å². The van der Waals surface area contributed by atoms with E-state index in [0.717, 1.165) is 24.0 Å². The number of halogens is 1. The van der Waals surface area contributed by atoms with Crippen molar-refractivity contribution in [3.63, 3.8) is 0 Å². The standard InChI is InChI=1S/C21H24FN5O2/c1-12(14-8-19(28)23-9-14)29-18-7-13(6-17-20(18)21(22)26(2)25-17)15-10-24-27(11-15)16-4-3-5-16/h6-7,10-12,14,16H,3-5,8-9H2,1-2H3,(H,23,28)/t12-,14?/m1/s1. The molecule has 1 saturated heterocycles. The molecule has 1 aliphatic heterocycles. The third-order valence-corrected chi connectivity index (χ3v) is 6.20. The molecule has 1 N–H and O–H groups in total. The summed E-state index contributed by atoms with van der Waals surface area (Å²) in [5.41, 5.74) is 2.39. The lowest BCUT2D eigenvalue weighted by Crippen LogP contribution is -2.25. The van der Waals surface area contributed by atoms with E-state index in [1.807, 2.05) is 36.1 Å². The molecule has 1 amide bonds. The second-order valence-electron chi connectivity index (χ2n) is 8.17. The highest BCUT2D eigenvalue weighted by Gasteiger charge is 2.29. The van der Waals surface area contributed by atoms with E-state index in [4.69, 9.17) is 4.74 Å². The van der Waals surface area contributed by atoms with E-state index >= 15 is 0 Å². The molecule has 29 heavy (non-hydrogen) atoms. The SMILES string of the molecule is C[C@@H](Oc1cc(-c2cnn(C3CCC3)c2)cc2nn(C)c(F)c12)C1CNC(=O)C1. The van der Waals surface area contributed by atoms with Crippen LogP contribution in [0.25, 0.3) is 22.0 Å². The van der Waals surface area contributed by atoms with Crippen molar-refractivity contribution in [1.29, 1.82) is 0 Å². The number of aromatic nitrogens is 4. The van der Waals surface area contributed by atoms with Crippen molar-refractivity contribution in [3.05, 3.63) is 30.5 Å². The maximum atomic E-state index is 14.7. The highest BCUT2D eigenvalue weighted by molar-refractivity contribution is 5.90. The van der Waals surface area contributed by atoms with E-state index in [-0.39, 0.29) is 17.9 Å². The summed E-state index contributed by atoms with van der Waals surface area (Å²) in [5.74, 6) is 0.105. The summed E-state index contributed by atoms with van der Waals surface area (Å²) in [7, 11) is 1.58. The fraction of sp³-hybridized carbons (Fsp3) is 0.476. The molecule has 0 radical (unpaired) electrons. The molecule has 0 bridgehead atoms. The third kappa shape index (κ3) is 3.16. The fourth-order valence-corrected chi connectivity index (χ4v) is 4.11. The number of rotatable bonds is 5. The van der Waals surface area contributed by atoms with Crippen molar-refractivity contribution in [2.75, 3.05) is 6.54 Å². The molecule has 2 aromatic heterocycles. The molecule has 1 unspecified atom stereocenters. The van der Waals surface area contributed by atoms with Crippen LogP contribution in [0.2, 0.25) is 0 Å². The van der Waals surface area contributed by atoms with Gasteiger partial charge in [-0.05, 0) is 43.9 Å². The molecule has 2 fully saturated rings. The minimum Gasteiger partial charge on any atom is -0.489 e. The topological polar surface area (TPSA) is 74.0 Å². The van der Waals surface area contributed by atoms with Crippen molar-refractivity contribution in [3.8, 4) is 16.9 Å². The molecule has 7 nitrogen and oxygen atoms in total. The largest absolute Gasteiger partial charge is 0.489 e. The van der Waals surface area contributed by atoms with Crippen LogP contribution in [0.1, 0.15) is 38.6 Å². The summed E-state index contributed by atoms with van der Waals surface area (Å²) in [6.45, 7) is 2.50. The Bertz CT molecular complexity index is 1080. The van der Waals surface area contributed by atoms with Gasteiger partial charge in [0.2, 0.25) is 11.9 Å². The van der Waals surface area contributed by atoms with Gasteiger partial charge in [0.15, 0.2) is 0 Å². The summed E-state index contributed by atoms with van der Waals surface area (Å²) < 4.78 is 24.2. The monoisotopic (exact) mass is 397 g/mol. The molecular formula is C21H24FN5O2. The second kappa shape index (κ2) is 6.86. The first-order chi connectivity index (χ1) is 14.0. The van der Waals surface area contributed by atoms with Gasteiger partial charge in [-0.1, -0.05) is 0 Å². The summed E-state index contributed by atoms with van der Waals surface area (Å²) in [4.78, 5) is 11.6. The minimum absolute atomic E-state index is 0.0281. The number of amides is 1. The van der Waals surface area contributed by atoms with E-state index in [1.54, 1.807) is 7.05 Å². The van der Waals surface area contributed by atoms with Crippen LogP contribution in [0.15, 0.2) is 24.5 Å². The van der Waals surface area contributed by atoms with E-state index in [9.17, 15) is 9.18 Å². The maximum absolute atomic E-state index is 14.7. The van der Waals surface area contributed by atoms with Crippen molar-refractivity contribution in [1.82, 2.24) is 24.9 Å². The number of nitrogens with one attached hydrogen (secondary N) is 1. The highest BCUT2D eigenvalue weighted by atomic mass is 19.1. The normalized spacial score (nSPS) is 20.7. The number of carbonyl (C=O) groups excluding carboxylic acids is 1. The number of ether oxygens (including phenoxy) is 1. The van der Waals surface area contributed by atoms with Crippen molar-refractivity contribution in [2.45, 2.75) is 44.8 Å². The predicted octanol–water partition coefficient (Wildman–Crippen LogP) is 3.20. The van der Waals surface area contributed by atoms with E-state index in [2.05, 4.69) is 15.5 Å². The molecule has 8 heteroatoms. The Morgan fingerprint density at radius 3 is 2.83 bits per heavy atom. The van der Waals surface area contributed by atoms with Gasteiger partial charge in [0, 0.05) is 37.7 Å². The fourth-order valence-electron chi connectivity index (χ4n) is 4.11. The Hall–Kier alpha value is -2.90. The highest BCUT2D eigenvalue weighted by Crippen LogP contribution is 2.37. The van der Waals surface area contributed by atoms with Gasteiger partial charge in [0.05, 0.1) is 23.1 Å². The van der Waals surface area contributed by atoms with Gasteiger partial charge < -0.3 is 10.1 Å². The first-order valence-electron chi connectivity index (χ1n) is 10.1. The summed E-state index contributed by atoms with van der Waals surface area (Å²) >= 11 is 0. The van der Waals surface area contributed by atoms with Gasteiger partial charge in [-0.3, -0.25) is 9.48 Å². The molecular weight excluding hydrogens is 373 g/mol. The smallest absolute Gasteiger partial charge is 0.222 e. The van der Waals surface area contributed by atoms with Gasteiger partial charge in [0.1, 0.15) is 11.9 Å². The quantitative estimate of drug-likeness (QED) is 0.718. The lowest BCUT2D eigenvalue weighted by Gasteiger charge is -2.25. The number of hydrogen-bond donors (Lipinski definition) is 1. The van der Waals surface area contributed by atoms with Crippen LogP contribution in [0.4, 0.5) is 4.39 Å². The zero-order chi connectivity index (χ0) is 20.1. The molecule has 0 spiro atoms. The number of hydrogen-bond acceptors (Lipinski definition) is 4. The Balaban J connectivity index is 1.52. The average molecular weight is 397 g/mol. The number of carbonyl (C=O) groups is 1. The molecule has 3 heterocycles. The summed E-state index contributed by atoms with van der Waals surface area (Å²) in [5, 5.41) is 12.0. The first-order valence-corrected chi connectivity index (χ1v) is 10.1.